The van der Waals surface area contributed by atoms with Gasteiger partial charge in [-0.1, -0.05) is 0 Å². The Morgan fingerprint density at radius 2 is 2.27 bits per heavy atom. The van der Waals surface area contributed by atoms with Crippen molar-refractivity contribution in [3.05, 3.63) is 15.6 Å². The van der Waals surface area contributed by atoms with Crippen LogP contribution in [0.25, 0.3) is 0 Å². The second kappa shape index (κ2) is 3.87. The van der Waals surface area contributed by atoms with Gasteiger partial charge in [-0.3, -0.25) is 0 Å². The van der Waals surface area contributed by atoms with Crippen molar-refractivity contribution in [2.45, 2.75) is 51.0 Å². The number of thiazole rings is 1. The van der Waals surface area contributed by atoms with Crippen LogP contribution in [0.5, 0.6) is 0 Å². The highest BCUT2D eigenvalue weighted by Gasteiger charge is 2.28. The molecule has 2 aliphatic rings. The molecule has 0 aromatic carbocycles. The van der Waals surface area contributed by atoms with Crippen LogP contribution in [-0.4, -0.2) is 17.6 Å². The predicted molar refractivity (Wildman–Crippen MR) is 63.6 cm³/mol. The van der Waals surface area contributed by atoms with Crippen molar-refractivity contribution in [3.63, 3.8) is 0 Å². The van der Waals surface area contributed by atoms with E-state index in [2.05, 4.69) is 12.2 Å². The van der Waals surface area contributed by atoms with Crippen molar-refractivity contribution in [2.24, 2.45) is 0 Å². The third-order valence-electron chi connectivity index (χ3n) is 3.44. The first-order valence-corrected chi connectivity index (χ1v) is 6.84. The molecule has 1 saturated carbocycles. The molecule has 2 fully saturated rings. The van der Waals surface area contributed by atoms with Crippen molar-refractivity contribution >= 4 is 11.3 Å². The molecular weight excluding hydrogens is 204 g/mol. The van der Waals surface area contributed by atoms with E-state index in [-0.39, 0.29) is 0 Å². The number of hydrogen-bond acceptors (Lipinski definition) is 3. The maximum atomic E-state index is 4.81. The number of hydrogen-bond donors (Lipinski definition) is 1. The maximum Gasteiger partial charge on any atom is 0.0961 e. The van der Waals surface area contributed by atoms with E-state index in [1.807, 2.05) is 11.3 Å². The van der Waals surface area contributed by atoms with Crippen LogP contribution in [0.3, 0.4) is 0 Å². The number of aromatic nitrogens is 1. The first kappa shape index (κ1) is 9.79. The molecule has 0 spiro atoms. The molecule has 2 nitrogen and oxygen atoms in total. The zero-order valence-corrected chi connectivity index (χ0v) is 10.1. The molecule has 1 unspecified atom stereocenters. The maximum absolute atomic E-state index is 4.81. The van der Waals surface area contributed by atoms with E-state index in [0.29, 0.717) is 6.04 Å². The Labute approximate surface area is 95.1 Å². The van der Waals surface area contributed by atoms with Crippen LogP contribution in [0.15, 0.2) is 0 Å². The van der Waals surface area contributed by atoms with Crippen LogP contribution in [0.2, 0.25) is 0 Å². The Morgan fingerprint density at radius 3 is 2.93 bits per heavy atom. The van der Waals surface area contributed by atoms with Crippen LogP contribution in [-0.2, 0) is 6.42 Å². The van der Waals surface area contributed by atoms with E-state index >= 15 is 0 Å². The van der Waals surface area contributed by atoms with Gasteiger partial charge in [-0.15, -0.1) is 11.3 Å². The van der Waals surface area contributed by atoms with Gasteiger partial charge in [-0.25, -0.2) is 4.98 Å². The lowest BCUT2D eigenvalue weighted by Gasteiger charge is -2.07. The molecular formula is C12H18N2S. The van der Waals surface area contributed by atoms with E-state index < -0.39 is 0 Å². The van der Waals surface area contributed by atoms with Crippen molar-refractivity contribution in [1.29, 1.82) is 0 Å². The minimum absolute atomic E-state index is 0.692. The van der Waals surface area contributed by atoms with Gasteiger partial charge in [-0.2, -0.15) is 0 Å². The van der Waals surface area contributed by atoms with Crippen molar-refractivity contribution in [1.82, 2.24) is 10.3 Å². The Bertz CT molecular complexity index is 349. The Balaban J connectivity index is 1.72. The number of nitrogens with zero attached hydrogens (tertiary/aromatic N) is 1. The summed E-state index contributed by atoms with van der Waals surface area (Å²) in [6, 6.07) is 0.692. The highest BCUT2D eigenvalue weighted by molar-refractivity contribution is 7.11. The van der Waals surface area contributed by atoms with Crippen molar-refractivity contribution in [2.75, 3.05) is 6.54 Å². The third kappa shape index (κ3) is 2.08. The number of rotatable bonds is 3. The molecule has 0 bridgehead atoms. The Kier molecular flexibility index (Phi) is 2.53. The van der Waals surface area contributed by atoms with E-state index in [9.17, 15) is 0 Å². The molecule has 1 aromatic heterocycles. The second-order valence-corrected chi connectivity index (χ2v) is 6.06. The van der Waals surface area contributed by atoms with Gasteiger partial charge in [0.2, 0.25) is 0 Å². The van der Waals surface area contributed by atoms with Gasteiger partial charge in [0.05, 0.1) is 10.7 Å². The predicted octanol–water partition coefficient (Wildman–Crippen LogP) is 2.62. The molecule has 1 aliphatic heterocycles. The molecule has 1 aromatic rings. The fraction of sp³-hybridized carbons (Fsp3) is 0.750. The molecule has 1 saturated heterocycles. The average molecular weight is 222 g/mol. The minimum atomic E-state index is 0.692. The Hall–Kier alpha value is -0.410. The summed E-state index contributed by atoms with van der Waals surface area (Å²) in [6.45, 7) is 3.43. The summed E-state index contributed by atoms with van der Waals surface area (Å²) in [6.07, 6.45) is 6.55. The summed E-state index contributed by atoms with van der Waals surface area (Å²) in [5, 5.41) is 4.95. The summed E-state index contributed by atoms with van der Waals surface area (Å²) in [5.41, 5.74) is 1.36. The molecule has 1 N–H and O–H groups in total. The number of aryl methyl sites for hydroxylation is 1. The molecule has 0 amide bonds. The zero-order chi connectivity index (χ0) is 10.3. The SMILES string of the molecule is Cc1sc(C2CC2)nc1CC1CCCN1. The molecule has 3 rings (SSSR count). The van der Waals surface area contributed by atoms with Crippen LogP contribution in [0.4, 0.5) is 0 Å². The summed E-state index contributed by atoms with van der Waals surface area (Å²) < 4.78 is 0. The third-order valence-corrected chi connectivity index (χ3v) is 4.61. The van der Waals surface area contributed by atoms with Crippen LogP contribution < -0.4 is 5.32 Å². The van der Waals surface area contributed by atoms with Gasteiger partial charge in [-0.05, 0) is 39.2 Å². The van der Waals surface area contributed by atoms with E-state index in [1.54, 1.807) is 0 Å². The molecule has 2 heterocycles. The quantitative estimate of drug-likeness (QED) is 0.850. The minimum Gasteiger partial charge on any atom is -0.314 e. The van der Waals surface area contributed by atoms with Gasteiger partial charge in [0, 0.05) is 23.3 Å². The van der Waals surface area contributed by atoms with E-state index in [1.165, 1.54) is 47.8 Å². The topological polar surface area (TPSA) is 24.9 Å². The van der Waals surface area contributed by atoms with Crippen LogP contribution >= 0.6 is 11.3 Å². The first-order chi connectivity index (χ1) is 7.33. The lowest BCUT2D eigenvalue weighted by molar-refractivity contribution is 0.594. The van der Waals surface area contributed by atoms with E-state index in [4.69, 9.17) is 4.98 Å². The zero-order valence-electron chi connectivity index (χ0n) is 9.25. The highest BCUT2D eigenvalue weighted by Crippen LogP contribution is 2.42. The van der Waals surface area contributed by atoms with Crippen molar-refractivity contribution in [3.8, 4) is 0 Å². The number of nitrogens with one attached hydrogen (secondary N) is 1. The normalized spacial score (nSPS) is 26.1. The smallest absolute Gasteiger partial charge is 0.0961 e. The molecule has 15 heavy (non-hydrogen) atoms. The average Bonchev–Trinajstić information content (AvgIpc) is 2.84. The van der Waals surface area contributed by atoms with Gasteiger partial charge in [0.1, 0.15) is 0 Å². The monoisotopic (exact) mass is 222 g/mol. The lowest BCUT2D eigenvalue weighted by atomic mass is 10.1. The highest BCUT2D eigenvalue weighted by atomic mass is 32.1. The van der Waals surface area contributed by atoms with Crippen molar-refractivity contribution < 1.29 is 0 Å². The molecule has 0 radical (unpaired) electrons. The fourth-order valence-electron chi connectivity index (χ4n) is 2.31. The van der Waals surface area contributed by atoms with Gasteiger partial charge >= 0.3 is 0 Å². The lowest BCUT2D eigenvalue weighted by Crippen LogP contribution is -2.24. The molecule has 1 aliphatic carbocycles. The van der Waals surface area contributed by atoms with Crippen LogP contribution in [0, 0.1) is 6.92 Å². The van der Waals surface area contributed by atoms with Gasteiger partial charge in [0.15, 0.2) is 0 Å². The fourth-order valence-corrected chi connectivity index (χ4v) is 3.43. The standard InChI is InChI=1S/C12H18N2S/c1-8-11(7-10-3-2-6-13-10)14-12(15-8)9-4-5-9/h9-10,13H,2-7H2,1H3. The Morgan fingerprint density at radius 1 is 1.40 bits per heavy atom. The van der Waals surface area contributed by atoms with Gasteiger partial charge < -0.3 is 5.32 Å². The van der Waals surface area contributed by atoms with Gasteiger partial charge in [0.25, 0.3) is 0 Å². The molecule has 3 heteroatoms. The van der Waals surface area contributed by atoms with E-state index in [0.717, 1.165) is 12.3 Å². The summed E-state index contributed by atoms with van der Waals surface area (Å²) in [4.78, 5) is 6.26. The summed E-state index contributed by atoms with van der Waals surface area (Å²) >= 11 is 1.93. The first-order valence-electron chi connectivity index (χ1n) is 6.02. The largest absolute Gasteiger partial charge is 0.314 e. The molecule has 1 atom stereocenters. The van der Waals surface area contributed by atoms with Crippen LogP contribution in [0.1, 0.15) is 47.2 Å². The second-order valence-electron chi connectivity index (χ2n) is 4.83. The summed E-state index contributed by atoms with van der Waals surface area (Å²) in [5.74, 6) is 0.819. The summed E-state index contributed by atoms with van der Waals surface area (Å²) in [7, 11) is 0. The molecule has 82 valence electrons.